The van der Waals surface area contributed by atoms with Crippen molar-refractivity contribution in [2.45, 2.75) is 19.9 Å². The molecule has 1 N–H and O–H groups in total. The lowest BCUT2D eigenvalue weighted by molar-refractivity contribution is 0.0929. The second-order valence-electron chi connectivity index (χ2n) is 5.81. The van der Waals surface area contributed by atoms with Gasteiger partial charge in [0.1, 0.15) is 11.6 Å². The molecule has 0 saturated heterocycles. The third kappa shape index (κ3) is 3.70. The zero-order valence-corrected chi connectivity index (χ0v) is 15.5. The van der Waals surface area contributed by atoms with Gasteiger partial charge in [0.2, 0.25) is 5.82 Å². The first kappa shape index (κ1) is 17.9. The second-order valence-corrected chi connectivity index (χ2v) is 6.24. The number of carbonyl (C=O) groups is 1. The fraction of sp³-hybridized carbons (Fsp3) is 0.211. The quantitative estimate of drug-likeness (QED) is 0.743. The average Bonchev–Trinajstić information content (AvgIpc) is 3.04. The number of para-hydroxylation sites is 1. The van der Waals surface area contributed by atoms with Gasteiger partial charge in [-0.05, 0) is 44.2 Å². The number of rotatable bonds is 5. The monoisotopic (exact) mass is 370 g/mol. The van der Waals surface area contributed by atoms with E-state index in [0.29, 0.717) is 10.8 Å². The molecule has 3 aromatic rings. The largest absolute Gasteiger partial charge is 0.496 e. The molecule has 3 rings (SSSR count). The van der Waals surface area contributed by atoms with Crippen molar-refractivity contribution in [3.05, 3.63) is 70.8 Å². The SMILES string of the molecule is COc1ccccc1C(C)NC(=O)c1nc(C)n(-c2ccc(Cl)cc2)n1. The molecule has 0 radical (unpaired) electrons. The Morgan fingerprint density at radius 2 is 1.88 bits per heavy atom. The molecule has 0 bridgehead atoms. The van der Waals surface area contributed by atoms with Crippen LogP contribution in [-0.4, -0.2) is 27.8 Å². The molecule has 1 amide bonds. The highest BCUT2D eigenvalue weighted by Crippen LogP contribution is 2.24. The van der Waals surface area contributed by atoms with Crippen LogP contribution in [0.1, 0.15) is 35.0 Å². The molecule has 2 aromatic carbocycles. The van der Waals surface area contributed by atoms with Gasteiger partial charge in [0.05, 0.1) is 18.8 Å². The van der Waals surface area contributed by atoms with Crippen LogP contribution >= 0.6 is 11.6 Å². The van der Waals surface area contributed by atoms with Crippen molar-refractivity contribution in [3.63, 3.8) is 0 Å². The minimum absolute atomic E-state index is 0.110. The van der Waals surface area contributed by atoms with Crippen LogP contribution in [0.5, 0.6) is 5.75 Å². The molecule has 1 heterocycles. The van der Waals surface area contributed by atoms with Crippen molar-refractivity contribution in [2.75, 3.05) is 7.11 Å². The smallest absolute Gasteiger partial charge is 0.291 e. The highest BCUT2D eigenvalue weighted by Gasteiger charge is 2.19. The molecule has 26 heavy (non-hydrogen) atoms. The summed E-state index contributed by atoms with van der Waals surface area (Å²) in [7, 11) is 1.60. The van der Waals surface area contributed by atoms with Crippen LogP contribution in [-0.2, 0) is 0 Å². The fourth-order valence-electron chi connectivity index (χ4n) is 2.68. The van der Waals surface area contributed by atoms with Crippen LogP contribution in [0.15, 0.2) is 48.5 Å². The van der Waals surface area contributed by atoms with E-state index in [1.807, 2.05) is 43.3 Å². The molecular formula is C19H19ClN4O2. The van der Waals surface area contributed by atoms with Gasteiger partial charge in [0.15, 0.2) is 0 Å². The third-order valence-corrected chi connectivity index (χ3v) is 4.25. The van der Waals surface area contributed by atoms with Crippen molar-refractivity contribution in [2.24, 2.45) is 0 Å². The first-order chi connectivity index (χ1) is 12.5. The highest BCUT2D eigenvalue weighted by molar-refractivity contribution is 6.30. The number of hydrogen-bond donors (Lipinski definition) is 1. The van der Waals surface area contributed by atoms with Gasteiger partial charge in [-0.25, -0.2) is 9.67 Å². The maximum Gasteiger partial charge on any atom is 0.291 e. The maximum absolute atomic E-state index is 12.6. The van der Waals surface area contributed by atoms with E-state index in [1.54, 1.807) is 30.8 Å². The molecule has 1 unspecified atom stereocenters. The van der Waals surface area contributed by atoms with E-state index in [-0.39, 0.29) is 17.8 Å². The van der Waals surface area contributed by atoms with Gasteiger partial charge in [-0.1, -0.05) is 29.8 Å². The molecule has 1 aromatic heterocycles. The number of aromatic nitrogens is 3. The average molecular weight is 371 g/mol. The summed E-state index contributed by atoms with van der Waals surface area (Å²) in [5.74, 6) is 1.09. The number of nitrogens with zero attached hydrogens (tertiary/aromatic N) is 3. The minimum Gasteiger partial charge on any atom is -0.496 e. The van der Waals surface area contributed by atoms with Crippen molar-refractivity contribution in [1.29, 1.82) is 0 Å². The molecule has 1 atom stereocenters. The van der Waals surface area contributed by atoms with E-state index in [9.17, 15) is 4.79 Å². The zero-order chi connectivity index (χ0) is 18.7. The molecule has 0 aliphatic heterocycles. The predicted molar refractivity (Wildman–Crippen MR) is 100.0 cm³/mol. The number of benzene rings is 2. The van der Waals surface area contributed by atoms with Crippen LogP contribution < -0.4 is 10.1 Å². The Morgan fingerprint density at radius 3 is 2.58 bits per heavy atom. The number of carbonyl (C=O) groups excluding carboxylic acids is 1. The number of hydrogen-bond acceptors (Lipinski definition) is 4. The van der Waals surface area contributed by atoms with Gasteiger partial charge in [-0.2, -0.15) is 0 Å². The van der Waals surface area contributed by atoms with Crippen molar-refractivity contribution in [1.82, 2.24) is 20.1 Å². The number of methoxy groups -OCH3 is 1. The summed E-state index contributed by atoms with van der Waals surface area (Å²) in [4.78, 5) is 16.8. The van der Waals surface area contributed by atoms with E-state index in [0.717, 1.165) is 17.0 Å². The summed E-state index contributed by atoms with van der Waals surface area (Å²) >= 11 is 5.92. The van der Waals surface area contributed by atoms with Gasteiger partial charge in [0.25, 0.3) is 5.91 Å². The van der Waals surface area contributed by atoms with E-state index >= 15 is 0 Å². The second kappa shape index (κ2) is 7.58. The number of nitrogens with one attached hydrogen (secondary N) is 1. The summed E-state index contributed by atoms with van der Waals surface area (Å²) in [6.07, 6.45) is 0. The lowest BCUT2D eigenvalue weighted by Gasteiger charge is -2.16. The maximum atomic E-state index is 12.6. The Balaban J connectivity index is 1.80. The molecule has 0 aliphatic carbocycles. The summed E-state index contributed by atoms with van der Waals surface area (Å²) in [6.45, 7) is 3.68. The summed E-state index contributed by atoms with van der Waals surface area (Å²) in [5, 5.41) is 7.86. The molecule has 0 spiro atoms. The van der Waals surface area contributed by atoms with Gasteiger partial charge in [-0.15, -0.1) is 5.10 Å². The molecule has 134 valence electrons. The lowest BCUT2D eigenvalue weighted by atomic mass is 10.1. The molecule has 0 aliphatic rings. The Morgan fingerprint density at radius 1 is 1.19 bits per heavy atom. The van der Waals surface area contributed by atoms with Crippen molar-refractivity contribution < 1.29 is 9.53 Å². The topological polar surface area (TPSA) is 69.0 Å². The minimum atomic E-state index is -0.348. The Kier molecular flexibility index (Phi) is 5.23. The molecule has 7 heteroatoms. The summed E-state index contributed by atoms with van der Waals surface area (Å²) < 4.78 is 6.96. The van der Waals surface area contributed by atoms with Crippen molar-refractivity contribution >= 4 is 17.5 Å². The first-order valence-corrected chi connectivity index (χ1v) is 8.50. The standard InChI is InChI=1S/C19H19ClN4O2/c1-12(16-6-4-5-7-17(16)26-3)21-19(25)18-22-13(2)24(23-18)15-10-8-14(20)9-11-15/h4-12H,1-3H3,(H,21,25). The lowest BCUT2D eigenvalue weighted by Crippen LogP contribution is -2.28. The van der Waals surface area contributed by atoms with E-state index in [2.05, 4.69) is 15.4 Å². The molecule has 6 nitrogen and oxygen atoms in total. The predicted octanol–water partition coefficient (Wildman–Crippen LogP) is 3.73. The number of aryl methyl sites for hydroxylation is 1. The number of halogens is 1. The number of amides is 1. The Labute approximate surface area is 156 Å². The van der Waals surface area contributed by atoms with Gasteiger partial charge in [0, 0.05) is 10.6 Å². The van der Waals surface area contributed by atoms with E-state index < -0.39 is 0 Å². The van der Waals surface area contributed by atoms with Gasteiger partial charge in [-0.3, -0.25) is 4.79 Å². The Bertz CT molecular complexity index is 922. The van der Waals surface area contributed by atoms with E-state index in [1.165, 1.54) is 0 Å². The zero-order valence-electron chi connectivity index (χ0n) is 14.7. The molecular weight excluding hydrogens is 352 g/mol. The molecule has 0 saturated carbocycles. The van der Waals surface area contributed by atoms with Crippen LogP contribution in [0.3, 0.4) is 0 Å². The van der Waals surface area contributed by atoms with Crippen LogP contribution in [0, 0.1) is 6.92 Å². The van der Waals surface area contributed by atoms with Gasteiger partial charge < -0.3 is 10.1 Å². The third-order valence-electron chi connectivity index (χ3n) is 4.00. The van der Waals surface area contributed by atoms with Crippen LogP contribution in [0.4, 0.5) is 0 Å². The van der Waals surface area contributed by atoms with Crippen molar-refractivity contribution in [3.8, 4) is 11.4 Å². The van der Waals surface area contributed by atoms with E-state index in [4.69, 9.17) is 16.3 Å². The summed E-state index contributed by atoms with van der Waals surface area (Å²) in [5.41, 5.74) is 1.67. The van der Waals surface area contributed by atoms with Crippen LogP contribution in [0.2, 0.25) is 5.02 Å². The van der Waals surface area contributed by atoms with Crippen LogP contribution in [0.25, 0.3) is 5.69 Å². The van der Waals surface area contributed by atoms with Gasteiger partial charge >= 0.3 is 0 Å². The highest BCUT2D eigenvalue weighted by atomic mass is 35.5. The fourth-order valence-corrected chi connectivity index (χ4v) is 2.80. The molecule has 0 fully saturated rings. The summed E-state index contributed by atoms with van der Waals surface area (Å²) in [6, 6.07) is 14.5. The Hall–Kier alpha value is -2.86. The number of ether oxygens (including phenoxy) is 1. The first-order valence-electron chi connectivity index (χ1n) is 8.13. The normalized spacial score (nSPS) is 11.8.